The van der Waals surface area contributed by atoms with Gasteiger partial charge >= 0.3 is 0 Å². The van der Waals surface area contributed by atoms with Gasteiger partial charge in [-0.3, -0.25) is 4.98 Å². The van der Waals surface area contributed by atoms with Crippen LogP contribution >= 0.6 is 0 Å². The van der Waals surface area contributed by atoms with Gasteiger partial charge in [-0.2, -0.15) is 0 Å². The molecule has 2 aromatic rings. The van der Waals surface area contributed by atoms with E-state index in [1.165, 1.54) is 11.1 Å². The van der Waals surface area contributed by atoms with Crippen molar-refractivity contribution in [1.29, 1.82) is 0 Å². The van der Waals surface area contributed by atoms with Crippen molar-refractivity contribution in [2.24, 2.45) is 5.41 Å². The van der Waals surface area contributed by atoms with Crippen molar-refractivity contribution in [3.05, 3.63) is 59.9 Å². The smallest absolute Gasteiger partial charge is 0.115 e. The summed E-state index contributed by atoms with van der Waals surface area (Å²) in [6.07, 6.45) is 3.66. The lowest BCUT2D eigenvalue weighted by atomic mass is 9.73. The summed E-state index contributed by atoms with van der Waals surface area (Å²) in [6, 6.07) is 11.6. The summed E-state index contributed by atoms with van der Waals surface area (Å²) in [5.74, 6) is 0.599. The van der Waals surface area contributed by atoms with E-state index in [1.807, 2.05) is 24.5 Å². The molecule has 0 aliphatic rings. The van der Waals surface area contributed by atoms with Crippen LogP contribution in [-0.4, -0.2) is 10.1 Å². The highest BCUT2D eigenvalue weighted by molar-refractivity contribution is 5.36. The number of hydrogen-bond donors (Lipinski definition) is 1. The molecule has 1 aromatic heterocycles. The minimum Gasteiger partial charge on any atom is -0.508 e. The Hall–Kier alpha value is -1.83. The van der Waals surface area contributed by atoms with Crippen molar-refractivity contribution in [3.8, 4) is 5.75 Å². The molecule has 1 N–H and O–H groups in total. The summed E-state index contributed by atoms with van der Waals surface area (Å²) in [4.78, 5) is 4.08. The Morgan fingerprint density at radius 1 is 0.889 bits per heavy atom. The summed E-state index contributed by atoms with van der Waals surface area (Å²) >= 11 is 0. The Morgan fingerprint density at radius 3 is 1.89 bits per heavy atom. The number of aromatic nitrogens is 1. The predicted molar refractivity (Wildman–Crippen MR) is 73.6 cm³/mol. The quantitative estimate of drug-likeness (QED) is 0.863. The second-order valence-corrected chi connectivity index (χ2v) is 5.67. The van der Waals surface area contributed by atoms with Crippen molar-refractivity contribution in [3.63, 3.8) is 0 Å². The zero-order chi connectivity index (χ0) is 13.2. The maximum Gasteiger partial charge on any atom is 0.115 e. The van der Waals surface area contributed by atoms with Crippen molar-refractivity contribution >= 4 is 0 Å². The summed E-state index contributed by atoms with van der Waals surface area (Å²) in [6.45, 7) is 6.68. The fraction of sp³-hybridized carbons (Fsp3) is 0.312. The van der Waals surface area contributed by atoms with E-state index < -0.39 is 0 Å². The SMILES string of the molecule is CC(C)(C)C(c1ccncc1)c1ccc(O)cc1. The van der Waals surface area contributed by atoms with Crippen LogP contribution in [0.5, 0.6) is 5.75 Å². The molecule has 0 aliphatic heterocycles. The van der Waals surface area contributed by atoms with Gasteiger partial charge in [-0.15, -0.1) is 0 Å². The van der Waals surface area contributed by atoms with Crippen LogP contribution in [0.1, 0.15) is 37.8 Å². The number of phenols is 1. The number of aromatic hydroxyl groups is 1. The third kappa shape index (κ3) is 2.70. The predicted octanol–water partition coefficient (Wildman–Crippen LogP) is 3.97. The molecule has 0 fully saturated rings. The molecule has 0 aliphatic carbocycles. The van der Waals surface area contributed by atoms with E-state index in [-0.39, 0.29) is 5.41 Å². The fourth-order valence-electron chi connectivity index (χ4n) is 2.42. The van der Waals surface area contributed by atoms with E-state index >= 15 is 0 Å². The first-order valence-corrected chi connectivity index (χ1v) is 6.17. The Kier molecular flexibility index (Phi) is 3.37. The van der Waals surface area contributed by atoms with Crippen LogP contribution < -0.4 is 0 Å². The highest BCUT2D eigenvalue weighted by Crippen LogP contribution is 2.40. The van der Waals surface area contributed by atoms with E-state index in [2.05, 4.69) is 37.9 Å². The maximum atomic E-state index is 9.40. The van der Waals surface area contributed by atoms with Crippen LogP contribution in [0.3, 0.4) is 0 Å². The van der Waals surface area contributed by atoms with Crippen molar-refractivity contribution in [1.82, 2.24) is 4.98 Å². The second-order valence-electron chi connectivity index (χ2n) is 5.67. The van der Waals surface area contributed by atoms with Crippen molar-refractivity contribution in [2.45, 2.75) is 26.7 Å². The number of phenolic OH excluding ortho intramolecular Hbond substituents is 1. The zero-order valence-electron chi connectivity index (χ0n) is 11.1. The zero-order valence-corrected chi connectivity index (χ0v) is 11.1. The molecule has 1 atom stereocenters. The molecule has 94 valence electrons. The second kappa shape index (κ2) is 4.81. The average Bonchev–Trinajstić information content (AvgIpc) is 2.32. The van der Waals surface area contributed by atoms with Gasteiger partial charge in [0.1, 0.15) is 5.75 Å². The molecule has 18 heavy (non-hydrogen) atoms. The molecule has 0 bridgehead atoms. The monoisotopic (exact) mass is 241 g/mol. The van der Waals surface area contributed by atoms with E-state index in [4.69, 9.17) is 0 Å². The van der Waals surface area contributed by atoms with Gasteiger partial charge in [-0.05, 0) is 40.8 Å². The van der Waals surface area contributed by atoms with E-state index in [0.29, 0.717) is 11.7 Å². The third-order valence-electron chi connectivity index (χ3n) is 3.13. The number of rotatable bonds is 2. The molecule has 2 heteroatoms. The lowest BCUT2D eigenvalue weighted by molar-refractivity contribution is 0.358. The van der Waals surface area contributed by atoms with Crippen LogP contribution in [0.15, 0.2) is 48.8 Å². The minimum absolute atomic E-state index is 0.109. The van der Waals surface area contributed by atoms with E-state index in [0.717, 1.165) is 0 Å². The van der Waals surface area contributed by atoms with E-state index in [1.54, 1.807) is 12.1 Å². The molecule has 0 radical (unpaired) electrons. The first-order valence-electron chi connectivity index (χ1n) is 6.17. The van der Waals surface area contributed by atoms with Gasteiger partial charge in [0.05, 0.1) is 0 Å². The standard InChI is InChI=1S/C16H19NO/c1-16(2,3)15(13-8-10-17-11-9-13)12-4-6-14(18)7-5-12/h4-11,15,18H,1-3H3. The van der Waals surface area contributed by atoms with Gasteiger partial charge in [0.2, 0.25) is 0 Å². The molecule has 0 amide bonds. The fourth-order valence-corrected chi connectivity index (χ4v) is 2.42. The average molecular weight is 241 g/mol. The van der Waals surface area contributed by atoms with Crippen LogP contribution in [0.2, 0.25) is 0 Å². The molecule has 0 saturated heterocycles. The molecule has 1 heterocycles. The molecular weight excluding hydrogens is 222 g/mol. The molecule has 0 saturated carbocycles. The van der Waals surface area contributed by atoms with Crippen LogP contribution in [0, 0.1) is 5.41 Å². The van der Waals surface area contributed by atoms with Gasteiger partial charge in [0.15, 0.2) is 0 Å². The van der Waals surface area contributed by atoms with Crippen molar-refractivity contribution < 1.29 is 5.11 Å². The lowest BCUT2D eigenvalue weighted by Gasteiger charge is -2.31. The summed E-state index contributed by atoms with van der Waals surface area (Å²) in [5, 5.41) is 9.40. The first-order chi connectivity index (χ1) is 8.48. The van der Waals surface area contributed by atoms with Gasteiger partial charge < -0.3 is 5.11 Å². The summed E-state index contributed by atoms with van der Waals surface area (Å²) in [5.41, 5.74) is 2.58. The number of benzene rings is 1. The van der Waals surface area contributed by atoms with Crippen LogP contribution in [0.4, 0.5) is 0 Å². The molecule has 2 nitrogen and oxygen atoms in total. The Morgan fingerprint density at radius 2 is 1.39 bits per heavy atom. The van der Waals surface area contributed by atoms with Crippen LogP contribution in [0.25, 0.3) is 0 Å². The highest BCUT2D eigenvalue weighted by Gasteiger charge is 2.27. The van der Waals surface area contributed by atoms with Gasteiger partial charge in [0, 0.05) is 18.3 Å². The Labute approximate surface area is 108 Å². The topological polar surface area (TPSA) is 33.1 Å². The Balaban J connectivity index is 2.47. The van der Waals surface area contributed by atoms with Crippen molar-refractivity contribution in [2.75, 3.05) is 0 Å². The largest absolute Gasteiger partial charge is 0.508 e. The molecule has 1 unspecified atom stereocenters. The lowest BCUT2D eigenvalue weighted by Crippen LogP contribution is -2.19. The number of nitrogens with zero attached hydrogens (tertiary/aromatic N) is 1. The van der Waals surface area contributed by atoms with Gasteiger partial charge in [-0.1, -0.05) is 32.9 Å². The normalized spacial score (nSPS) is 13.3. The van der Waals surface area contributed by atoms with E-state index in [9.17, 15) is 5.11 Å². The van der Waals surface area contributed by atoms with Gasteiger partial charge in [-0.25, -0.2) is 0 Å². The molecule has 2 rings (SSSR count). The summed E-state index contributed by atoms with van der Waals surface area (Å²) < 4.78 is 0. The van der Waals surface area contributed by atoms with Gasteiger partial charge in [0.25, 0.3) is 0 Å². The Bertz CT molecular complexity index is 497. The first kappa shape index (κ1) is 12.6. The number of pyridine rings is 1. The molecule has 1 aromatic carbocycles. The highest BCUT2D eigenvalue weighted by atomic mass is 16.3. The number of hydrogen-bond acceptors (Lipinski definition) is 2. The third-order valence-corrected chi connectivity index (χ3v) is 3.13. The molecular formula is C16H19NO. The summed E-state index contributed by atoms with van der Waals surface area (Å²) in [7, 11) is 0. The molecule has 0 spiro atoms. The maximum absolute atomic E-state index is 9.40. The minimum atomic E-state index is 0.109. The van der Waals surface area contributed by atoms with Crippen LogP contribution in [-0.2, 0) is 0 Å².